The van der Waals surface area contributed by atoms with Gasteiger partial charge in [-0.2, -0.15) is 0 Å². The number of nitrogens with one attached hydrogen (secondary N) is 1. The molecule has 114 valence electrons. The third kappa shape index (κ3) is 3.18. The molecule has 0 unspecified atom stereocenters. The molecular weight excluding hydrogens is 292 g/mol. The molecule has 0 saturated carbocycles. The van der Waals surface area contributed by atoms with E-state index < -0.39 is 5.97 Å². The molecular formula is C18H14N2O3. The molecule has 0 fully saturated rings. The highest BCUT2D eigenvalue weighted by Gasteiger charge is 2.14. The lowest BCUT2D eigenvalue weighted by molar-refractivity contribution is -0.115. The molecule has 2 aromatic carbocycles. The lowest BCUT2D eigenvalue weighted by atomic mass is 10.1. The van der Waals surface area contributed by atoms with Crippen LogP contribution in [0.1, 0.15) is 16.1 Å². The van der Waals surface area contributed by atoms with Crippen LogP contribution >= 0.6 is 0 Å². The number of benzene rings is 2. The van der Waals surface area contributed by atoms with Gasteiger partial charge in [0, 0.05) is 17.3 Å². The lowest BCUT2D eigenvalue weighted by Gasteiger charge is -2.09. The maximum atomic E-state index is 12.3. The summed E-state index contributed by atoms with van der Waals surface area (Å²) in [6.45, 7) is 0. The van der Waals surface area contributed by atoms with Gasteiger partial charge in [0.1, 0.15) is 0 Å². The molecule has 5 nitrogen and oxygen atoms in total. The SMILES string of the molecule is O=C(Cc1cccnc1C(=O)O)Nc1cccc2ccccc12. The van der Waals surface area contributed by atoms with E-state index in [2.05, 4.69) is 10.3 Å². The molecule has 1 heterocycles. The van der Waals surface area contributed by atoms with Crippen molar-refractivity contribution in [2.24, 2.45) is 0 Å². The fourth-order valence-electron chi connectivity index (χ4n) is 2.48. The summed E-state index contributed by atoms with van der Waals surface area (Å²) in [7, 11) is 0. The van der Waals surface area contributed by atoms with Gasteiger partial charge in [-0.1, -0.05) is 42.5 Å². The van der Waals surface area contributed by atoms with E-state index in [0.29, 0.717) is 11.3 Å². The Morgan fingerprint density at radius 1 is 1.00 bits per heavy atom. The third-order valence-electron chi connectivity index (χ3n) is 3.51. The van der Waals surface area contributed by atoms with Gasteiger partial charge in [-0.25, -0.2) is 9.78 Å². The summed E-state index contributed by atoms with van der Waals surface area (Å²) in [6, 6.07) is 16.6. The topological polar surface area (TPSA) is 79.3 Å². The largest absolute Gasteiger partial charge is 0.477 e. The van der Waals surface area contributed by atoms with Crippen molar-refractivity contribution in [3.8, 4) is 0 Å². The van der Waals surface area contributed by atoms with Crippen LogP contribution in [0.2, 0.25) is 0 Å². The van der Waals surface area contributed by atoms with Gasteiger partial charge in [-0.3, -0.25) is 4.79 Å². The van der Waals surface area contributed by atoms with Crippen molar-refractivity contribution >= 4 is 28.3 Å². The third-order valence-corrected chi connectivity index (χ3v) is 3.51. The molecule has 3 aromatic rings. The minimum atomic E-state index is -1.14. The summed E-state index contributed by atoms with van der Waals surface area (Å²) in [6.07, 6.45) is 1.36. The quantitative estimate of drug-likeness (QED) is 0.776. The Kier molecular flexibility index (Phi) is 4.01. The summed E-state index contributed by atoms with van der Waals surface area (Å²) in [5.41, 5.74) is 0.993. The normalized spacial score (nSPS) is 10.4. The molecule has 0 aliphatic heterocycles. The fraction of sp³-hybridized carbons (Fsp3) is 0.0556. The van der Waals surface area contributed by atoms with Gasteiger partial charge in [-0.05, 0) is 23.1 Å². The second-order valence-electron chi connectivity index (χ2n) is 5.07. The summed E-state index contributed by atoms with van der Waals surface area (Å²) < 4.78 is 0. The maximum Gasteiger partial charge on any atom is 0.354 e. The van der Waals surface area contributed by atoms with Crippen molar-refractivity contribution in [2.45, 2.75) is 6.42 Å². The molecule has 1 aromatic heterocycles. The lowest BCUT2D eigenvalue weighted by Crippen LogP contribution is -2.17. The van der Waals surface area contributed by atoms with Crippen LogP contribution in [-0.4, -0.2) is 22.0 Å². The smallest absolute Gasteiger partial charge is 0.354 e. The Morgan fingerprint density at radius 2 is 1.78 bits per heavy atom. The average Bonchev–Trinajstić information content (AvgIpc) is 2.55. The van der Waals surface area contributed by atoms with Crippen molar-refractivity contribution in [2.75, 3.05) is 5.32 Å². The van der Waals surface area contributed by atoms with Gasteiger partial charge in [0.15, 0.2) is 5.69 Å². The molecule has 5 heteroatoms. The first kappa shape index (κ1) is 14.7. The predicted molar refractivity (Wildman–Crippen MR) is 87.5 cm³/mol. The Bertz CT molecular complexity index is 885. The zero-order valence-corrected chi connectivity index (χ0v) is 12.2. The molecule has 3 rings (SSSR count). The first-order valence-electron chi connectivity index (χ1n) is 7.10. The minimum absolute atomic E-state index is 0.0430. The number of aromatic carboxylic acids is 1. The number of hydrogen-bond donors (Lipinski definition) is 2. The van der Waals surface area contributed by atoms with Crippen molar-refractivity contribution in [1.82, 2.24) is 4.98 Å². The Hall–Kier alpha value is -3.21. The molecule has 0 aliphatic carbocycles. The molecule has 0 spiro atoms. The van der Waals surface area contributed by atoms with Gasteiger partial charge in [0.05, 0.1) is 6.42 Å². The summed E-state index contributed by atoms with van der Waals surface area (Å²) in [4.78, 5) is 27.2. The number of carbonyl (C=O) groups is 2. The highest BCUT2D eigenvalue weighted by Crippen LogP contribution is 2.23. The number of fused-ring (bicyclic) bond motifs is 1. The number of hydrogen-bond acceptors (Lipinski definition) is 3. The highest BCUT2D eigenvalue weighted by molar-refractivity contribution is 6.03. The highest BCUT2D eigenvalue weighted by atomic mass is 16.4. The van der Waals surface area contributed by atoms with E-state index in [9.17, 15) is 9.59 Å². The molecule has 0 saturated heterocycles. The van der Waals surface area contributed by atoms with Gasteiger partial charge >= 0.3 is 5.97 Å². The van der Waals surface area contributed by atoms with E-state index in [1.165, 1.54) is 6.20 Å². The Labute approximate surface area is 132 Å². The summed E-state index contributed by atoms with van der Waals surface area (Å²) in [5, 5.41) is 13.9. The summed E-state index contributed by atoms with van der Waals surface area (Å²) in [5.74, 6) is -1.42. The van der Waals surface area contributed by atoms with Crippen LogP contribution < -0.4 is 5.32 Å². The Morgan fingerprint density at radius 3 is 2.61 bits per heavy atom. The molecule has 0 bridgehead atoms. The number of carboxylic acids is 1. The average molecular weight is 306 g/mol. The van der Waals surface area contributed by atoms with Gasteiger partial charge in [-0.15, -0.1) is 0 Å². The first-order chi connectivity index (χ1) is 11.1. The summed E-state index contributed by atoms with van der Waals surface area (Å²) >= 11 is 0. The van der Waals surface area contributed by atoms with Crippen LogP contribution in [0.4, 0.5) is 5.69 Å². The van der Waals surface area contributed by atoms with Crippen molar-refractivity contribution in [1.29, 1.82) is 0 Å². The van der Waals surface area contributed by atoms with Crippen molar-refractivity contribution < 1.29 is 14.7 Å². The number of anilines is 1. The Balaban J connectivity index is 1.84. The number of nitrogens with zero attached hydrogens (tertiary/aromatic N) is 1. The molecule has 0 atom stereocenters. The van der Waals surface area contributed by atoms with Gasteiger partial charge in [0.2, 0.25) is 5.91 Å². The van der Waals surface area contributed by atoms with Gasteiger partial charge < -0.3 is 10.4 Å². The fourth-order valence-corrected chi connectivity index (χ4v) is 2.48. The van der Waals surface area contributed by atoms with Crippen LogP contribution in [-0.2, 0) is 11.2 Å². The second kappa shape index (κ2) is 6.27. The molecule has 0 radical (unpaired) electrons. The maximum absolute atomic E-state index is 12.3. The number of carbonyl (C=O) groups excluding carboxylic acids is 1. The van der Waals surface area contributed by atoms with Crippen molar-refractivity contribution in [3.05, 3.63) is 72.1 Å². The van der Waals surface area contributed by atoms with E-state index in [4.69, 9.17) is 5.11 Å². The van der Waals surface area contributed by atoms with Crippen molar-refractivity contribution in [3.63, 3.8) is 0 Å². The van der Waals surface area contributed by atoms with E-state index in [-0.39, 0.29) is 18.0 Å². The monoisotopic (exact) mass is 306 g/mol. The molecule has 2 N–H and O–H groups in total. The van der Waals surface area contributed by atoms with Crippen LogP contribution in [0.3, 0.4) is 0 Å². The standard InChI is InChI=1S/C18H14N2O3/c21-16(11-13-7-4-10-19-17(13)18(22)23)20-15-9-3-6-12-5-1-2-8-14(12)15/h1-10H,11H2,(H,20,21)(H,22,23). The van der Waals surface area contributed by atoms with Crippen LogP contribution in [0.25, 0.3) is 10.8 Å². The van der Waals surface area contributed by atoms with E-state index in [0.717, 1.165) is 10.8 Å². The van der Waals surface area contributed by atoms with Gasteiger partial charge in [0.25, 0.3) is 0 Å². The van der Waals surface area contributed by atoms with Crippen LogP contribution in [0.5, 0.6) is 0 Å². The first-order valence-corrected chi connectivity index (χ1v) is 7.10. The second-order valence-corrected chi connectivity index (χ2v) is 5.07. The predicted octanol–water partition coefficient (Wildman–Crippen LogP) is 3.11. The van der Waals surface area contributed by atoms with E-state index in [1.54, 1.807) is 12.1 Å². The zero-order chi connectivity index (χ0) is 16.2. The molecule has 23 heavy (non-hydrogen) atoms. The van der Waals surface area contributed by atoms with Crippen LogP contribution in [0.15, 0.2) is 60.8 Å². The molecule has 0 aliphatic rings. The van der Waals surface area contributed by atoms with Crippen LogP contribution in [0, 0.1) is 0 Å². The number of rotatable bonds is 4. The van der Waals surface area contributed by atoms with E-state index >= 15 is 0 Å². The van der Waals surface area contributed by atoms with E-state index in [1.807, 2.05) is 42.5 Å². The number of carboxylic acid groups (broad SMARTS) is 1. The number of aromatic nitrogens is 1. The number of pyridine rings is 1. The molecule has 1 amide bonds. The minimum Gasteiger partial charge on any atom is -0.477 e. The zero-order valence-electron chi connectivity index (χ0n) is 12.2. The number of amides is 1.